The smallest absolute Gasteiger partial charge is 0.226 e. The molecule has 0 unspecified atom stereocenters. The Hall–Kier alpha value is -2.40. The number of halogens is 2. The Bertz CT molecular complexity index is 915. The number of amides is 1. The molecule has 3 N–H and O–H groups in total. The molecule has 0 spiro atoms. The molecule has 8 nitrogen and oxygen atoms in total. The summed E-state index contributed by atoms with van der Waals surface area (Å²) in [5, 5.41) is 9.82. The highest BCUT2D eigenvalue weighted by Crippen LogP contribution is 2.38. The molecule has 0 saturated heterocycles. The zero-order valence-electron chi connectivity index (χ0n) is 18.9. The fraction of sp³-hybridized carbons (Fsp3) is 0.364. The molecule has 0 heterocycles. The molecule has 0 bridgehead atoms. The number of benzene rings is 2. The SMILES string of the molecule is CN=C(NCCC(=O)Nc1cccc(Cl)c1C)NCc1cc(OC)c(OC)c(OC)c1.I. The first-order chi connectivity index (χ1) is 14.9. The summed E-state index contributed by atoms with van der Waals surface area (Å²) >= 11 is 6.09. The summed E-state index contributed by atoms with van der Waals surface area (Å²) in [5.74, 6) is 2.15. The number of guanidine groups is 1. The number of rotatable bonds is 9. The van der Waals surface area contributed by atoms with Crippen LogP contribution < -0.4 is 30.2 Å². The van der Waals surface area contributed by atoms with E-state index in [4.69, 9.17) is 25.8 Å². The van der Waals surface area contributed by atoms with Crippen LogP contribution in [0.15, 0.2) is 35.3 Å². The van der Waals surface area contributed by atoms with Crippen molar-refractivity contribution in [2.24, 2.45) is 4.99 Å². The van der Waals surface area contributed by atoms with Gasteiger partial charge in [0.05, 0.1) is 21.3 Å². The third-order valence-electron chi connectivity index (χ3n) is 4.59. The van der Waals surface area contributed by atoms with Crippen LogP contribution in [0, 0.1) is 6.92 Å². The van der Waals surface area contributed by atoms with Gasteiger partial charge in [-0.15, -0.1) is 24.0 Å². The largest absolute Gasteiger partial charge is 0.493 e. The van der Waals surface area contributed by atoms with E-state index in [0.717, 1.165) is 11.1 Å². The number of carbonyl (C=O) groups excluding carboxylic acids is 1. The molecule has 0 aliphatic carbocycles. The van der Waals surface area contributed by atoms with Gasteiger partial charge in [0.25, 0.3) is 0 Å². The summed E-state index contributed by atoms with van der Waals surface area (Å²) in [7, 11) is 6.38. The fourth-order valence-electron chi connectivity index (χ4n) is 2.89. The minimum absolute atomic E-state index is 0. The highest BCUT2D eigenvalue weighted by molar-refractivity contribution is 14.0. The lowest BCUT2D eigenvalue weighted by Gasteiger charge is -2.16. The first-order valence-corrected chi connectivity index (χ1v) is 10.1. The molecule has 0 atom stereocenters. The van der Waals surface area contributed by atoms with Crippen molar-refractivity contribution in [3.05, 3.63) is 46.5 Å². The van der Waals surface area contributed by atoms with Crippen LogP contribution in [0.4, 0.5) is 5.69 Å². The van der Waals surface area contributed by atoms with Crippen LogP contribution >= 0.6 is 35.6 Å². The second-order valence-electron chi connectivity index (χ2n) is 6.60. The summed E-state index contributed by atoms with van der Waals surface area (Å²) in [4.78, 5) is 16.4. The number of hydrogen-bond donors (Lipinski definition) is 3. The van der Waals surface area contributed by atoms with Crippen molar-refractivity contribution in [2.45, 2.75) is 19.9 Å². The Morgan fingerprint density at radius 2 is 1.72 bits per heavy atom. The van der Waals surface area contributed by atoms with Gasteiger partial charge in [-0.1, -0.05) is 17.7 Å². The molecular formula is C22H30ClIN4O4. The van der Waals surface area contributed by atoms with Crippen molar-refractivity contribution in [1.82, 2.24) is 10.6 Å². The highest BCUT2D eigenvalue weighted by atomic mass is 127. The van der Waals surface area contributed by atoms with Crippen molar-refractivity contribution in [3.63, 3.8) is 0 Å². The molecule has 32 heavy (non-hydrogen) atoms. The molecule has 0 aliphatic heterocycles. The van der Waals surface area contributed by atoms with Gasteiger partial charge in [-0.05, 0) is 42.3 Å². The number of methoxy groups -OCH3 is 3. The van der Waals surface area contributed by atoms with Gasteiger partial charge in [0.2, 0.25) is 11.7 Å². The van der Waals surface area contributed by atoms with Crippen LogP contribution in [0.1, 0.15) is 17.5 Å². The molecule has 176 valence electrons. The number of carbonyl (C=O) groups is 1. The van der Waals surface area contributed by atoms with Crippen LogP contribution in [0.2, 0.25) is 5.02 Å². The zero-order chi connectivity index (χ0) is 22.8. The quantitative estimate of drug-likeness (QED) is 0.238. The average molecular weight is 577 g/mol. The topological polar surface area (TPSA) is 93.2 Å². The molecule has 0 radical (unpaired) electrons. The van der Waals surface area contributed by atoms with E-state index in [1.807, 2.05) is 25.1 Å². The molecule has 2 aromatic carbocycles. The highest BCUT2D eigenvalue weighted by Gasteiger charge is 2.13. The molecule has 1 amide bonds. The van der Waals surface area contributed by atoms with Crippen molar-refractivity contribution < 1.29 is 19.0 Å². The van der Waals surface area contributed by atoms with Gasteiger partial charge in [-0.25, -0.2) is 0 Å². The van der Waals surface area contributed by atoms with Crippen LogP contribution in [-0.4, -0.2) is 46.8 Å². The summed E-state index contributed by atoms with van der Waals surface area (Å²) in [5.41, 5.74) is 2.47. The minimum atomic E-state index is -0.113. The summed E-state index contributed by atoms with van der Waals surface area (Å²) in [6, 6.07) is 9.14. The van der Waals surface area contributed by atoms with Crippen LogP contribution in [-0.2, 0) is 11.3 Å². The summed E-state index contributed by atoms with van der Waals surface area (Å²) in [6.07, 6.45) is 0.275. The molecule has 10 heteroatoms. The molecule has 2 rings (SSSR count). The Balaban J connectivity index is 0.00000512. The predicted octanol–water partition coefficient (Wildman–Crippen LogP) is 3.99. The predicted molar refractivity (Wildman–Crippen MR) is 139 cm³/mol. The second-order valence-corrected chi connectivity index (χ2v) is 7.00. The van der Waals surface area contributed by atoms with Crippen LogP contribution in [0.3, 0.4) is 0 Å². The lowest BCUT2D eigenvalue weighted by atomic mass is 10.2. The van der Waals surface area contributed by atoms with Gasteiger partial charge >= 0.3 is 0 Å². The average Bonchev–Trinajstić information content (AvgIpc) is 2.78. The second kappa shape index (κ2) is 13.9. The first kappa shape index (κ1) is 27.6. The van der Waals surface area contributed by atoms with Gasteiger partial charge in [-0.2, -0.15) is 0 Å². The first-order valence-electron chi connectivity index (χ1n) is 9.71. The summed E-state index contributed by atoms with van der Waals surface area (Å²) in [6.45, 7) is 2.76. The number of ether oxygens (including phenoxy) is 3. The van der Waals surface area contributed by atoms with E-state index in [1.165, 1.54) is 0 Å². The monoisotopic (exact) mass is 576 g/mol. The van der Waals surface area contributed by atoms with Gasteiger partial charge in [-0.3, -0.25) is 9.79 Å². The number of aliphatic imine (C=N–C) groups is 1. The lowest BCUT2D eigenvalue weighted by molar-refractivity contribution is -0.116. The number of nitrogens with one attached hydrogen (secondary N) is 3. The Kier molecular flexibility index (Phi) is 12.0. The van der Waals surface area contributed by atoms with Crippen LogP contribution in [0.5, 0.6) is 17.2 Å². The lowest BCUT2D eigenvalue weighted by Crippen LogP contribution is -2.38. The Labute approximate surface area is 211 Å². The Morgan fingerprint density at radius 3 is 2.28 bits per heavy atom. The van der Waals surface area contributed by atoms with E-state index in [-0.39, 0.29) is 36.3 Å². The number of nitrogens with zero attached hydrogens (tertiary/aromatic N) is 1. The minimum Gasteiger partial charge on any atom is -0.493 e. The van der Waals surface area contributed by atoms with Crippen molar-refractivity contribution in [2.75, 3.05) is 40.2 Å². The normalized spacial score (nSPS) is 10.6. The van der Waals surface area contributed by atoms with E-state index in [2.05, 4.69) is 20.9 Å². The number of anilines is 1. The van der Waals surface area contributed by atoms with E-state index >= 15 is 0 Å². The molecule has 0 saturated carbocycles. The van der Waals surface area contributed by atoms with E-state index in [1.54, 1.807) is 40.5 Å². The third kappa shape index (κ3) is 7.63. The third-order valence-corrected chi connectivity index (χ3v) is 5.00. The van der Waals surface area contributed by atoms with Crippen molar-refractivity contribution in [3.8, 4) is 17.2 Å². The number of hydrogen-bond acceptors (Lipinski definition) is 5. The Morgan fingerprint density at radius 1 is 1.06 bits per heavy atom. The zero-order valence-corrected chi connectivity index (χ0v) is 22.0. The van der Waals surface area contributed by atoms with Gasteiger partial charge < -0.3 is 30.2 Å². The maximum atomic E-state index is 12.2. The van der Waals surface area contributed by atoms with Gasteiger partial charge in [0, 0.05) is 37.3 Å². The van der Waals surface area contributed by atoms with Crippen molar-refractivity contribution in [1.29, 1.82) is 0 Å². The van der Waals surface area contributed by atoms with Gasteiger partial charge in [0.1, 0.15) is 0 Å². The van der Waals surface area contributed by atoms with E-state index in [9.17, 15) is 4.79 Å². The van der Waals surface area contributed by atoms with Crippen LogP contribution in [0.25, 0.3) is 0 Å². The fourth-order valence-corrected chi connectivity index (χ4v) is 3.07. The summed E-state index contributed by atoms with van der Waals surface area (Å²) < 4.78 is 16.1. The molecule has 0 aliphatic rings. The van der Waals surface area contributed by atoms with E-state index < -0.39 is 0 Å². The molecular weight excluding hydrogens is 547 g/mol. The van der Waals surface area contributed by atoms with Crippen molar-refractivity contribution >= 4 is 53.1 Å². The maximum absolute atomic E-state index is 12.2. The van der Waals surface area contributed by atoms with Gasteiger partial charge in [0.15, 0.2) is 17.5 Å². The molecule has 0 fully saturated rings. The molecule has 2 aromatic rings. The standard InChI is InChI=1S/C22H29ClN4O4.HI/c1-14-16(23)7-6-8-17(14)27-20(28)9-10-25-22(24-2)26-13-15-11-18(29-3)21(31-5)19(12-15)30-4;/h6-8,11-12H,9-10,13H2,1-5H3,(H,27,28)(H2,24,25,26);1H. The molecule has 0 aromatic heterocycles. The maximum Gasteiger partial charge on any atom is 0.226 e. The van der Waals surface area contributed by atoms with E-state index in [0.29, 0.717) is 47.0 Å².